The Morgan fingerprint density at radius 3 is 2.46 bits per heavy atom. The molecule has 8 heteroatoms. The molecule has 3 heterocycles. The summed E-state index contributed by atoms with van der Waals surface area (Å²) in [6.07, 6.45) is 4.60. The number of halogens is 1. The van der Waals surface area contributed by atoms with Gasteiger partial charge in [0.25, 0.3) is 0 Å². The van der Waals surface area contributed by atoms with Crippen LogP contribution >= 0.6 is 11.3 Å². The van der Waals surface area contributed by atoms with Gasteiger partial charge in [0.05, 0.1) is 30.8 Å². The Morgan fingerprint density at radius 1 is 1.00 bits per heavy atom. The number of nitrogens with zero attached hydrogens (tertiary/aromatic N) is 3. The lowest BCUT2D eigenvalue weighted by atomic mass is 10.0. The van der Waals surface area contributed by atoms with Crippen molar-refractivity contribution in [1.82, 2.24) is 14.5 Å². The van der Waals surface area contributed by atoms with Crippen LogP contribution in [0.15, 0.2) is 107 Å². The summed E-state index contributed by atoms with van der Waals surface area (Å²) in [7, 11) is 3.69. The first kappa shape index (κ1) is 26.7. The van der Waals surface area contributed by atoms with Crippen molar-refractivity contribution >= 4 is 21.6 Å². The summed E-state index contributed by atoms with van der Waals surface area (Å²) < 4.78 is 27.7. The zero-order valence-corrected chi connectivity index (χ0v) is 23.5. The number of rotatable bonds is 9. The summed E-state index contributed by atoms with van der Waals surface area (Å²) in [6, 6.07) is 24.8. The van der Waals surface area contributed by atoms with Crippen molar-refractivity contribution < 1.29 is 13.5 Å². The van der Waals surface area contributed by atoms with Crippen LogP contribution in [-0.4, -0.2) is 28.6 Å². The lowest BCUT2D eigenvalue weighted by molar-refractivity contribution is 0.321. The monoisotopic (exact) mass is 565 g/mol. The van der Waals surface area contributed by atoms with Gasteiger partial charge in [0.1, 0.15) is 16.4 Å². The van der Waals surface area contributed by atoms with Gasteiger partial charge in [-0.3, -0.25) is 9.69 Å². The van der Waals surface area contributed by atoms with Crippen LogP contribution in [0, 0.1) is 5.82 Å². The zero-order valence-electron chi connectivity index (χ0n) is 22.7. The lowest BCUT2D eigenvalue weighted by Gasteiger charge is -2.18. The molecule has 0 atom stereocenters. The molecule has 0 amide bonds. The molecule has 3 aromatic carbocycles. The molecule has 0 aliphatic heterocycles. The van der Waals surface area contributed by atoms with Crippen molar-refractivity contribution in [3.05, 3.63) is 130 Å². The second-order valence-corrected chi connectivity index (χ2v) is 10.9. The van der Waals surface area contributed by atoms with E-state index in [1.807, 2.05) is 60.1 Å². The number of pyridine rings is 1. The highest BCUT2D eigenvalue weighted by Crippen LogP contribution is 2.40. The Morgan fingerprint density at radius 2 is 1.76 bits per heavy atom. The van der Waals surface area contributed by atoms with E-state index in [0.717, 1.165) is 26.6 Å². The van der Waals surface area contributed by atoms with Gasteiger partial charge in [-0.2, -0.15) is 0 Å². The Kier molecular flexibility index (Phi) is 7.50. The summed E-state index contributed by atoms with van der Waals surface area (Å²) in [5, 5.41) is 0.603. The van der Waals surface area contributed by atoms with Gasteiger partial charge in [0, 0.05) is 29.7 Å². The molecule has 0 N–H and O–H groups in total. The Bertz CT molecular complexity index is 1850. The molecule has 6 rings (SSSR count). The third kappa shape index (κ3) is 5.44. The van der Waals surface area contributed by atoms with Crippen molar-refractivity contribution in [2.45, 2.75) is 19.6 Å². The third-order valence-electron chi connectivity index (χ3n) is 7.08. The molecule has 41 heavy (non-hydrogen) atoms. The standard InChI is InChI=1S/C33H28FN3O3S/c1-36(17-22-8-4-3-5-9-22)19-27-30-31(38)26(29-16-35-21-40-29)20-37(18-24-10-6-7-11-28(24)34)33(30)41-32(27)23-12-14-25(39-2)15-13-23/h3-16,20-21H,17-19H2,1-2H3. The summed E-state index contributed by atoms with van der Waals surface area (Å²) in [5.41, 5.74) is 3.86. The lowest BCUT2D eigenvalue weighted by Crippen LogP contribution is -2.19. The van der Waals surface area contributed by atoms with E-state index in [-0.39, 0.29) is 17.8 Å². The Balaban J connectivity index is 1.57. The SMILES string of the molecule is COc1ccc(-c2sc3c(c2CN(C)Cc2ccccc2)c(=O)c(-c2cnco2)cn3Cc2ccccc2F)cc1. The number of methoxy groups -OCH3 is 1. The quantitative estimate of drug-likeness (QED) is 0.185. The topological polar surface area (TPSA) is 60.5 Å². The van der Waals surface area contributed by atoms with Gasteiger partial charge in [0.15, 0.2) is 12.2 Å². The minimum atomic E-state index is -0.296. The minimum Gasteiger partial charge on any atom is -0.497 e. The molecule has 0 radical (unpaired) electrons. The number of hydrogen-bond acceptors (Lipinski definition) is 6. The number of aromatic nitrogens is 2. The van der Waals surface area contributed by atoms with Crippen LogP contribution in [0.25, 0.3) is 32.0 Å². The van der Waals surface area contributed by atoms with E-state index in [0.29, 0.717) is 35.4 Å². The number of oxazole rings is 1. The molecular weight excluding hydrogens is 537 g/mol. The number of hydrogen-bond donors (Lipinski definition) is 0. The van der Waals surface area contributed by atoms with Crippen molar-refractivity contribution in [1.29, 1.82) is 0 Å². The molecule has 0 fully saturated rings. The number of thiophene rings is 1. The molecular formula is C33H28FN3O3S. The summed E-state index contributed by atoms with van der Waals surface area (Å²) in [4.78, 5) is 22.2. The normalized spacial score (nSPS) is 11.4. The van der Waals surface area contributed by atoms with Gasteiger partial charge >= 0.3 is 0 Å². The first-order valence-corrected chi connectivity index (χ1v) is 14.0. The molecule has 0 spiro atoms. The maximum absolute atomic E-state index is 14.8. The fourth-order valence-corrected chi connectivity index (χ4v) is 6.38. The molecule has 6 aromatic rings. The van der Waals surface area contributed by atoms with E-state index in [1.165, 1.54) is 35.6 Å². The smallest absolute Gasteiger partial charge is 0.201 e. The maximum Gasteiger partial charge on any atom is 0.201 e. The highest BCUT2D eigenvalue weighted by Gasteiger charge is 2.24. The van der Waals surface area contributed by atoms with Crippen LogP contribution in [0.2, 0.25) is 0 Å². The van der Waals surface area contributed by atoms with E-state index >= 15 is 0 Å². The largest absolute Gasteiger partial charge is 0.497 e. The molecule has 0 aliphatic carbocycles. The van der Waals surface area contributed by atoms with Gasteiger partial charge in [-0.1, -0.05) is 48.5 Å². The first-order valence-electron chi connectivity index (χ1n) is 13.2. The number of benzene rings is 3. The molecule has 3 aromatic heterocycles. The van der Waals surface area contributed by atoms with E-state index in [9.17, 15) is 9.18 Å². The van der Waals surface area contributed by atoms with Crippen LogP contribution < -0.4 is 10.2 Å². The third-order valence-corrected chi connectivity index (χ3v) is 8.40. The summed E-state index contributed by atoms with van der Waals surface area (Å²) in [5.74, 6) is 0.833. The van der Waals surface area contributed by atoms with Crippen LogP contribution in [0.5, 0.6) is 5.75 Å². The number of ether oxygens (including phenoxy) is 1. The molecule has 6 nitrogen and oxygen atoms in total. The van der Waals surface area contributed by atoms with E-state index in [4.69, 9.17) is 9.15 Å². The fourth-order valence-electron chi connectivity index (χ4n) is 5.10. The van der Waals surface area contributed by atoms with E-state index < -0.39 is 0 Å². The fraction of sp³-hybridized carbons (Fsp3) is 0.152. The average molecular weight is 566 g/mol. The van der Waals surface area contributed by atoms with E-state index in [2.05, 4.69) is 22.0 Å². The van der Waals surface area contributed by atoms with Gasteiger partial charge in [-0.05, 0) is 54.1 Å². The molecule has 206 valence electrons. The Hall–Kier alpha value is -4.53. The van der Waals surface area contributed by atoms with Gasteiger partial charge in [-0.15, -0.1) is 11.3 Å². The van der Waals surface area contributed by atoms with Crippen molar-refractivity contribution in [2.75, 3.05) is 14.2 Å². The zero-order chi connectivity index (χ0) is 28.3. The summed E-state index contributed by atoms with van der Waals surface area (Å²) in [6.45, 7) is 1.50. The van der Waals surface area contributed by atoms with Crippen molar-refractivity contribution in [3.63, 3.8) is 0 Å². The van der Waals surface area contributed by atoms with Crippen molar-refractivity contribution in [3.8, 4) is 27.5 Å². The van der Waals surface area contributed by atoms with Gasteiger partial charge in [-0.25, -0.2) is 9.37 Å². The predicted molar refractivity (Wildman–Crippen MR) is 161 cm³/mol. The van der Waals surface area contributed by atoms with Crippen LogP contribution in [0.4, 0.5) is 4.39 Å². The second-order valence-electron chi connectivity index (χ2n) is 9.93. The van der Waals surface area contributed by atoms with E-state index in [1.54, 1.807) is 25.4 Å². The molecule has 0 unspecified atom stereocenters. The van der Waals surface area contributed by atoms with Gasteiger partial charge in [0.2, 0.25) is 5.43 Å². The van der Waals surface area contributed by atoms with Crippen LogP contribution in [0.1, 0.15) is 16.7 Å². The molecule has 0 saturated heterocycles. The highest BCUT2D eigenvalue weighted by molar-refractivity contribution is 7.22. The van der Waals surface area contributed by atoms with Gasteiger partial charge < -0.3 is 13.7 Å². The first-order chi connectivity index (χ1) is 20.0. The van der Waals surface area contributed by atoms with Crippen LogP contribution in [0.3, 0.4) is 0 Å². The predicted octanol–water partition coefficient (Wildman–Crippen LogP) is 7.21. The molecule has 0 saturated carbocycles. The maximum atomic E-state index is 14.8. The highest BCUT2D eigenvalue weighted by atomic mass is 32.1. The average Bonchev–Trinajstić information content (AvgIpc) is 3.65. The molecule has 0 bridgehead atoms. The second kappa shape index (κ2) is 11.5. The van der Waals surface area contributed by atoms with Crippen molar-refractivity contribution in [2.24, 2.45) is 0 Å². The number of fused-ring (bicyclic) bond motifs is 1. The minimum absolute atomic E-state index is 0.138. The van der Waals surface area contributed by atoms with Crippen LogP contribution in [-0.2, 0) is 19.6 Å². The summed E-state index contributed by atoms with van der Waals surface area (Å²) >= 11 is 1.54. The molecule has 0 aliphatic rings. The Labute approximate surface area is 240 Å².